The van der Waals surface area contributed by atoms with Gasteiger partial charge in [0.1, 0.15) is 0 Å². The van der Waals surface area contributed by atoms with E-state index < -0.39 is 4.92 Å². The average molecular weight is 294 g/mol. The van der Waals surface area contributed by atoms with Crippen LogP contribution >= 0.6 is 0 Å². The highest BCUT2D eigenvalue weighted by Gasteiger charge is 2.31. The fourth-order valence-electron chi connectivity index (χ4n) is 2.88. The lowest BCUT2D eigenvalue weighted by molar-refractivity contribution is -0.384. The molecular weight excluding hydrogens is 272 g/mol. The summed E-state index contributed by atoms with van der Waals surface area (Å²) in [4.78, 5) is 10.5. The summed E-state index contributed by atoms with van der Waals surface area (Å²) >= 11 is 0. The van der Waals surface area contributed by atoms with Crippen molar-refractivity contribution in [3.05, 3.63) is 28.3 Å². The standard InChI is InChI=1S/C14H22N4O3/c15-17-12-6-11(7-13(8-12)18(20)21)16-9-14(10-19)4-2-1-3-5-14/h6-8,16-17,19H,1-5,9-10,15H2. The van der Waals surface area contributed by atoms with Crippen molar-refractivity contribution in [2.24, 2.45) is 11.3 Å². The summed E-state index contributed by atoms with van der Waals surface area (Å²) in [6, 6.07) is 4.59. The van der Waals surface area contributed by atoms with Crippen molar-refractivity contribution in [3.63, 3.8) is 0 Å². The summed E-state index contributed by atoms with van der Waals surface area (Å²) in [5, 5.41) is 23.8. The van der Waals surface area contributed by atoms with Gasteiger partial charge in [0.2, 0.25) is 0 Å². The number of aliphatic hydroxyl groups excluding tert-OH is 1. The van der Waals surface area contributed by atoms with E-state index in [9.17, 15) is 15.2 Å². The number of nitrogens with one attached hydrogen (secondary N) is 2. The van der Waals surface area contributed by atoms with Gasteiger partial charge in [0.25, 0.3) is 5.69 Å². The number of hydrogen-bond acceptors (Lipinski definition) is 6. The maximum absolute atomic E-state index is 10.9. The van der Waals surface area contributed by atoms with Crippen LogP contribution in [0.1, 0.15) is 32.1 Å². The lowest BCUT2D eigenvalue weighted by Gasteiger charge is -2.36. The van der Waals surface area contributed by atoms with Crippen LogP contribution in [0.2, 0.25) is 0 Å². The Morgan fingerprint density at radius 2 is 1.90 bits per heavy atom. The van der Waals surface area contributed by atoms with Gasteiger partial charge in [-0.15, -0.1) is 0 Å². The molecule has 0 amide bonds. The molecular formula is C14H22N4O3. The molecule has 0 spiro atoms. The SMILES string of the molecule is NNc1cc(NCC2(CO)CCCCC2)cc([N+](=O)[O-])c1. The molecule has 5 N–H and O–H groups in total. The smallest absolute Gasteiger partial charge is 0.273 e. The van der Waals surface area contributed by atoms with Gasteiger partial charge in [-0.3, -0.25) is 16.0 Å². The highest BCUT2D eigenvalue weighted by Crippen LogP contribution is 2.36. The molecule has 0 unspecified atom stereocenters. The van der Waals surface area contributed by atoms with E-state index in [2.05, 4.69) is 10.7 Å². The third-order valence-electron chi connectivity index (χ3n) is 4.21. The van der Waals surface area contributed by atoms with Crippen molar-refractivity contribution in [2.45, 2.75) is 32.1 Å². The van der Waals surface area contributed by atoms with Crippen LogP contribution < -0.4 is 16.6 Å². The van der Waals surface area contributed by atoms with E-state index in [1.54, 1.807) is 6.07 Å². The number of benzene rings is 1. The van der Waals surface area contributed by atoms with Gasteiger partial charge in [-0.25, -0.2) is 0 Å². The van der Waals surface area contributed by atoms with Crippen molar-refractivity contribution < 1.29 is 10.0 Å². The third-order valence-corrected chi connectivity index (χ3v) is 4.21. The van der Waals surface area contributed by atoms with E-state index in [4.69, 9.17) is 5.84 Å². The normalized spacial score (nSPS) is 17.2. The Labute approximate surface area is 123 Å². The van der Waals surface area contributed by atoms with Gasteiger partial charge in [-0.2, -0.15) is 0 Å². The second kappa shape index (κ2) is 6.73. The van der Waals surface area contributed by atoms with Crippen molar-refractivity contribution >= 4 is 17.1 Å². The molecule has 1 aromatic rings. The topological polar surface area (TPSA) is 113 Å². The van der Waals surface area contributed by atoms with Gasteiger partial charge >= 0.3 is 0 Å². The molecule has 2 rings (SSSR count). The Morgan fingerprint density at radius 3 is 2.48 bits per heavy atom. The molecule has 0 radical (unpaired) electrons. The zero-order chi connectivity index (χ0) is 15.3. The second-order valence-electron chi connectivity index (χ2n) is 5.74. The molecule has 7 heteroatoms. The molecule has 1 aliphatic rings. The van der Waals surface area contributed by atoms with Gasteiger partial charge in [-0.05, 0) is 18.9 Å². The number of nitrogens with two attached hydrogens (primary N) is 1. The summed E-state index contributed by atoms with van der Waals surface area (Å²) in [7, 11) is 0. The first-order chi connectivity index (χ1) is 10.1. The largest absolute Gasteiger partial charge is 0.396 e. The van der Waals surface area contributed by atoms with Crippen molar-refractivity contribution in [2.75, 3.05) is 23.9 Å². The van der Waals surface area contributed by atoms with E-state index in [0.717, 1.165) is 25.7 Å². The lowest BCUT2D eigenvalue weighted by atomic mass is 9.74. The minimum Gasteiger partial charge on any atom is -0.396 e. The summed E-state index contributed by atoms with van der Waals surface area (Å²) in [5.74, 6) is 5.34. The first kappa shape index (κ1) is 15.5. The highest BCUT2D eigenvalue weighted by atomic mass is 16.6. The van der Waals surface area contributed by atoms with E-state index in [-0.39, 0.29) is 17.7 Å². The maximum Gasteiger partial charge on any atom is 0.273 e. The van der Waals surface area contributed by atoms with Gasteiger partial charge in [0.15, 0.2) is 0 Å². The third kappa shape index (κ3) is 3.83. The monoisotopic (exact) mass is 294 g/mol. The van der Waals surface area contributed by atoms with E-state index in [1.807, 2.05) is 0 Å². The predicted molar refractivity (Wildman–Crippen MR) is 82.0 cm³/mol. The minimum atomic E-state index is -0.450. The Kier molecular flexibility index (Phi) is 4.98. The number of nitrogen functional groups attached to an aromatic ring is 1. The van der Waals surface area contributed by atoms with Gasteiger partial charge in [0, 0.05) is 29.8 Å². The van der Waals surface area contributed by atoms with E-state index in [0.29, 0.717) is 17.9 Å². The molecule has 1 aromatic carbocycles. The number of hydrazine groups is 1. The maximum atomic E-state index is 10.9. The lowest BCUT2D eigenvalue weighted by Crippen LogP contribution is -2.35. The summed E-state index contributed by atoms with van der Waals surface area (Å²) < 4.78 is 0. The number of aliphatic hydroxyl groups is 1. The first-order valence-electron chi connectivity index (χ1n) is 7.19. The van der Waals surface area contributed by atoms with E-state index >= 15 is 0 Å². The van der Waals surface area contributed by atoms with Crippen LogP contribution in [0.4, 0.5) is 17.1 Å². The Bertz CT molecular complexity index is 501. The van der Waals surface area contributed by atoms with Crippen LogP contribution in [0, 0.1) is 15.5 Å². The number of nitrogens with zero attached hydrogens (tertiary/aromatic N) is 1. The van der Waals surface area contributed by atoms with Crippen LogP contribution in [0.3, 0.4) is 0 Å². The molecule has 0 saturated heterocycles. The second-order valence-corrected chi connectivity index (χ2v) is 5.74. The van der Waals surface area contributed by atoms with Crippen LogP contribution in [-0.2, 0) is 0 Å². The number of rotatable bonds is 6. The van der Waals surface area contributed by atoms with Crippen molar-refractivity contribution in [1.82, 2.24) is 0 Å². The Balaban J connectivity index is 2.11. The quantitative estimate of drug-likeness (QED) is 0.363. The predicted octanol–water partition coefficient (Wildman–Crippen LogP) is 2.24. The van der Waals surface area contributed by atoms with Gasteiger partial charge in [-0.1, -0.05) is 19.3 Å². The number of hydrogen-bond donors (Lipinski definition) is 4. The molecule has 0 bridgehead atoms. The first-order valence-corrected chi connectivity index (χ1v) is 7.19. The van der Waals surface area contributed by atoms with Crippen LogP contribution in [0.15, 0.2) is 18.2 Å². The van der Waals surface area contributed by atoms with Gasteiger partial charge < -0.3 is 15.8 Å². The highest BCUT2D eigenvalue weighted by molar-refractivity contribution is 5.63. The van der Waals surface area contributed by atoms with Crippen LogP contribution in [0.5, 0.6) is 0 Å². The van der Waals surface area contributed by atoms with Crippen LogP contribution in [0.25, 0.3) is 0 Å². The average Bonchev–Trinajstić information content (AvgIpc) is 2.53. The number of nitro benzene ring substituents is 1. The molecule has 1 aliphatic carbocycles. The fraction of sp³-hybridized carbons (Fsp3) is 0.571. The Hall–Kier alpha value is -1.86. The Morgan fingerprint density at radius 1 is 1.24 bits per heavy atom. The zero-order valence-electron chi connectivity index (χ0n) is 12.0. The fourth-order valence-corrected chi connectivity index (χ4v) is 2.88. The van der Waals surface area contributed by atoms with Crippen molar-refractivity contribution in [3.8, 4) is 0 Å². The molecule has 1 fully saturated rings. The summed E-state index contributed by atoms with van der Waals surface area (Å²) in [5.41, 5.74) is 3.40. The molecule has 0 heterocycles. The molecule has 7 nitrogen and oxygen atoms in total. The summed E-state index contributed by atoms with van der Waals surface area (Å²) in [6.07, 6.45) is 5.40. The molecule has 0 aromatic heterocycles. The molecule has 0 aliphatic heterocycles. The zero-order valence-corrected chi connectivity index (χ0v) is 12.0. The van der Waals surface area contributed by atoms with Crippen molar-refractivity contribution in [1.29, 1.82) is 0 Å². The van der Waals surface area contributed by atoms with E-state index in [1.165, 1.54) is 18.6 Å². The minimum absolute atomic E-state index is 0.0188. The number of nitro groups is 1. The molecule has 1 saturated carbocycles. The van der Waals surface area contributed by atoms with Crippen LogP contribution in [-0.4, -0.2) is 23.2 Å². The molecule has 21 heavy (non-hydrogen) atoms. The molecule has 116 valence electrons. The molecule has 0 atom stereocenters. The number of anilines is 2. The number of non-ortho nitro benzene ring substituents is 1. The van der Waals surface area contributed by atoms with Gasteiger partial charge in [0.05, 0.1) is 17.2 Å². The summed E-state index contributed by atoms with van der Waals surface area (Å²) in [6.45, 7) is 0.742.